The lowest BCUT2D eigenvalue weighted by atomic mass is 9.98. The van der Waals surface area contributed by atoms with Gasteiger partial charge in [0.15, 0.2) is 5.11 Å². The molecule has 216 valence electrons. The van der Waals surface area contributed by atoms with E-state index in [1.54, 1.807) is 6.07 Å². The lowest BCUT2D eigenvalue weighted by molar-refractivity contribution is 0.0929. The summed E-state index contributed by atoms with van der Waals surface area (Å²) in [4.78, 5) is 24.6. The molecule has 2 unspecified atom stereocenters. The summed E-state index contributed by atoms with van der Waals surface area (Å²) in [7, 11) is 0. The van der Waals surface area contributed by atoms with E-state index in [0.717, 1.165) is 75.6 Å². The van der Waals surface area contributed by atoms with E-state index in [-0.39, 0.29) is 11.9 Å². The summed E-state index contributed by atoms with van der Waals surface area (Å²) in [6, 6.07) is 13.7. The van der Waals surface area contributed by atoms with Crippen molar-refractivity contribution in [3.8, 4) is 0 Å². The summed E-state index contributed by atoms with van der Waals surface area (Å²) >= 11 is 12.1. The van der Waals surface area contributed by atoms with Gasteiger partial charge in [-0.1, -0.05) is 41.9 Å². The topological polar surface area (TPSA) is 60.9 Å². The first-order valence-electron chi connectivity index (χ1n) is 14.7. The van der Waals surface area contributed by atoms with Crippen LogP contribution in [0.15, 0.2) is 36.4 Å². The maximum absolute atomic E-state index is 12.8. The van der Waals surface area contributed by atoms with Crippen LogP contribution in [-0.2, 0) is 4.74 Å². The van der Waals surface area contributed by atoms with E-state index in [2.05, 4.69) is 62.3 Å². The number of nitrogens with one attached hydrogen (secondary N) is 1. The van der Waals surface area contributed by atoms with E-state index in [4.69, 9.17) is 28.6 Å². The molecule has 3 atom stereocenters. The fourth-order valence-electron chi connectivity index (χ4n) is 6.61. The summed E-state index contributed by atoms with van der Waals surface area (Å²) in [5.74, 6) is -0.0767. The average molecular weight is 584 g/mol. The molecule has 5 rings (SSSR count). The highest BCUT2D eigenvalue weighted by Crippen LogP contribution is 2.36. The molecular formula is C31H42ClN5O2S. The third-order valence-electron chi connectivity index (χ3n) is 8.81. The van der Waals surface area contributed by atoms with E-state index >= 15 is 0 Å². The number of nitrogens with zero attached hydrogens (tertiary/aromatic N) is 4. The highest BCUT2D eigenvalue weighted by Gasteiger charge is 2.41. The number of likely N-dealkylation sites (tertiary alicyclic amines) is 1. The minimum absolute atomic E-state index is 0.0767. The van der Waals surface area contributed by atoms with Gasteiger partial charge in [0.25, 0.3) is 5.91 Å². The molecular weight excluding hydrogens is 542 g/mol. The van der Waals surface area contributed by atoms with E-state index < -0.39 is 0 Å². The van der Waals surface area contributed by atoms with E-state index in [1.807, 2.05) is 13.8 Å². The van der Waals surface area contributed by atoms with Crippen LogP contribution in [0, 0.1) is 13.8 Å². The van der Waals surface area contributed by atoms with Gasteiger partial charge in [-0.2, -0.15) is 0 Å². The first kappa shape index (κ1) is 29.2. The summed E-state index contributed by atoms with van der Waals surface area (Å²) in [6.07, 6.45) is 5.64. The Labute approximate surface area is 249 Å². The van der Waals surface area contributed by atoms with Crippen molar-refractivity contribution >= 4 is 34.8 Å². The Kier molecular flexibility index (Phi) is 9.61. The molecule has 2 aromatic rings. The van der Waals surface area contributed by atoms with Gasteiger partial charge >= 0.3 is 0 Å². The number of aromatic nitrogens is 1. The second-order valence-corrected chi connectivity index (χ2v) is 12.3. The maximum atomic E-state index is 12.8. The van der Waals surface area contributed by atoms with Gasteiger partial charge in [-0.3, -0.25) is 4.79 Å². The standard InChI is InChI=1S/C31H42ClN5O2S/c1-21-18-28(32)34-23(3)29(21)30(38)33-14-11-22(2)35-15-12-25(13-16-35)37-27(24-8-5-4-6-9-24)20-36(31(37)40)19-26-10-7-17-39-26/h4-6,8-9,18,22,25-27H,7,10-17,19-20H2,1-3H3,(H,33,38)/t22?,26?,27-/m0/s1. The van der Waals surface area contributed by atoms with Crippen LogP contribution in [0.4, 0.5) is 0 Å². The van der Waals surface area contributed by atoms with Crippen LogP contribution in [0.25, 0.3) is 0 Å². The van der Waals surface area contributed by atoms with Crippen molar-refractivity contribution in [2.24, 2.45) is 0 Å². The zero-order valence-corrected chi connectivity index (χ0v) is 25.5. The van der Waals surface area contributed by atoms with Gasteiger partial charge in [0.2, 0.25) is 0 Å². The molecule has 3 aliphatic heterocycles. The van der Waals surface area contributed by atoms with Crippen LogP contribution in [0.2, 0.25) is 5.15 Å². The second kappa shape index (κ2) is 13.1. The van der Waals surface area contributed by atoms with E-state index in [1.165, 1.54) is 5.56 Å². The molecule has 0 bridgehead atoms. The van der Waals surface area contributed by atoms with Crippen molar-refractivity contribution in [3.63, 3.8) is 0 Å². The molecule has 3 saturated heterocycles. The molecule has 3 aliphatic rings. The number of halogens is 1. The molecule has 0 spiro atoms. The van der Waals surface area contributed by atoms with Crippen molar-refractivity contribution in [1.82, 2.24) is 25.0 Å². The van der Waals surface area contributed by atoms with Crippen molar-refractivity contribution in [2.45, 2.75) is 77.1 Å². The minimum Gasteiger partial charge on any atom is -0.376 e. The third-order valence-corrected chi connectivity index (χ3v) is 9.47. The van der Waals surface area contributed by atoms with Crippen molar-refractivity contribution in [3.05, 3.63) is 63.9 Å². The number of pyridine rings is 1. The maximum Gasteiger partial charge on any atom is 0.253 e. The number of ether oxygens (including phenoxy) is 1. The molecule has 1 amide bonds. The van der Waals surface area contributed by atoms with Crippen LogP contribution in [0.1, 0.15) is 72.2 Å². The molecule has 0 radical (unpaired) electrons. The quantitative estimate of drug-likeness (QED) is 0.324. The number of benzene rings is 1. The Balaban J connectivity index is 1.15. The fraction of sp³-hybridized carbons (Fsp3) is 0.581. The van der Waals surface area contributed by atoms with Gasteiger partial charge in [-0.05, 0) is 82.3 Å². The van der Waals surface area contributed by atoms with Gasteiger partial charge < -0.3 is 24.8 Å². The Morgan fingerprint density at radius 3 is 2.62 bits per heavy atom. The number of carbonyl (C=O) groups is 1. The molecule has 1 aromatic carbocycles. The number of rotatable bonds is 9. The number of aryl methyl sites for hydroxylation is 2. The normalized spacial score (nSPS) is 23.1. The smallest absolute Gasteiger partial charge is 0.253 e. The van der Waals surface area contributed by atoms with Gasteiger partial charge in [0.05, 0.1) is 23.4 Å². The average Bonchev–Trinajstić information content (AvgIpc) is 3.56. The Hall–Kier alpha value is -2.26. The molecule has 4 heterocycles. The van der Waals surface area contributed by atoms with Crippen LogP contribution < -0.4 is 5.32 Å². The van der Waals surface area contributed by atoms with Gasteiger partial charge in [0.1, 0.15) is 5.15 Å². The van der Waals surface area contributed by atoms with Gasteiger partial charge in [-0.15, -0.1) is 0 Å². The zero-order valence-electron chi connectivity index (χ0n) is 23.9. The van der Waals surface area contributed by atoms with Crippen LogP contribution in [0.5, 0.6) is 0 Å². The number of amides is 1. The van der Waals surface area contributed by atoms with Crippen molar-refractivity contribution in [2.75, 3.05) is 39.3 Å². The summed E-state index contributed by atoms with van der Waals surface area (Å²) in [5.41, 5.74) is 3.49. The lowest BCUT2D eigenvalue weighted by Crippen LogP contribution is -2.49. The summed E-state index contributed by atoms with van der Waals surface area (Å²) in [6.45, 7) is 11.4. The lowest BCUT2D eigenvalue weighted by Gasteiger charge is -2.42. The highest BCUT2D eigenvalue weighted by atomic mass is 35.5. The number of carbonyl (C=O) groups excluding carboxylic acids is 1. The van der Waals surface area contributed by atoms with Crippen molar-refractivity contribution < 1.29 is 9.53 Å². The van der Waals surface area contributed by atoms with Crippen LogP contribution in [-0.4, -0.2) is 88.2 Å². The molecule has 1 N–H and O–H groups in total. The molecule has 40 heavy (non-hydrogen) atoms. The number of thiocarbonyl (C=S) groups is 1. The molecule has 1 aromatic heterocycles. The number of piperidine rings is 1. The zero-order chi connectivity index (χ0) is 28.2. The van der Waals surface area contributed by atoms with Gasteiger partial charge in [-0.25, -0.2) is 4.98 Å². The molecule has 0 aliphatic carbocycles. The SMILES string of the molecule is Cc1cc(Cl)nc(C)c1C(=O)NCCC(C)N1CCC(N2C(=S)N(CC3CCCO3)C[C@H]2c2ccccc2)CC1. The minimum atomic E-state index is -0.0767. The van der Waals surface area contributed by atoms with Crippen LogP contribution in [0.3, 0.4) is 0 Å². The first-order valence-corrected chi connectivity index (χ1v) is 15.5. The summed E-state index contributed by atoms with van der Waals surface area (Å²) < 4.78 is 5.95. The van der Waals surface area contributed by atoms with Crippen molar-refractivity contribution in [1.29, 1.82) is 0 Å². The Morgan fingerprint density at radius 2 is 1.95 bits per heavy atom. The Bertz CT molecular complexity index is 1160. The van der Waals surface area contributed by atoms with E-state index in [0.29, 0.717) is 41.1 Å². The van der Waals surface area contributed by atoms with Crippen LogP contribution >= 0.6 is 23.8 Å². The fourth-order valence-corrected chi connectivity index (χ4v) is 7.32. The largest absolute Gasteiger partial charge is 0.376 e. The predicted molar refractivity (Wildman–Crippen MR) is 164 cm³/mol. The van der Waals surface area contributed by atoms with E-state index in [9.17, 15) is 4.79 Å². The Morgan fingerprint density at radius 1 is 1.20 bits per heavy atom. The first-order chi connectivity index (χ1) is 19.3. The highest BCUT2D eigenvalue weighted by molar-refractivity contribution is 7.80. The number of hydrogen-bond acceptors (Lipinski definition) is 5. The molecule has 9 heteroatoms. The third kappa shape index (κ3) is 6.62. The molecule has 0 saturated carbocycles. The predicted octanol–water partition coefficient (Wildman–Crippen LogP) is 5.15. The number of hydrogen-bond donors (Lipinski definition) is 1. The molecule has 3 fully saturated rings. The summed E-state index contributed by atoms with van der Waals surface area (Å²) in [5, 5.41) is 4.51. The molecule has 7 nitrogen and oxygen atoms in total. The second-order valence-electron chi connectivity index (χ2n) is 11.5. The monoisotopic (exact) mass is 583 g/mol. The van der Waals surface area contributed by atoms with Gasteiger partial charge in [0, 0.05) is 51.4 Å².